The Hall–Kier alpha value is -3.36. The lowest BCUT2D eigenvalue weighted by molar-refractivity contribution is 0.0786. The Kier molecular flexibility index (Phi) is 6.86. The molecule has 2 aromatic carbocycles. The minimum absolute atomic E-state index is 0.245. The largest absolute Gasteiger partial charge is 0.456 e. The summed E-state index contributed by atoms with van der Waals surface area (Å²) >= 11 is 3.53. The molecule has 2 heterocycles. The van der Waals surface area contributed by atoms with Crippen LogP contribution in [0.3, 0.4) is 0 Å². The SMILES string of the molecule is CCNC(=O)c1cc2c(-c3cc(C(C)(C)O)ccc3Oc3c(C)cc(Br)cc3C)cn(C)c(=O)c2[nH]1. The number of nitrogens with zero attached hydrogens (tertiary/aromatic N) is 1. The fourth-order valence-electron chi connectivity index (χ4n) is 4.30. The number of hydrogen-bond donors (Lipinski definition) is 3. The molecule has 0 radical (unpaired) electrons. The average Bonchev–Trinajstić information content (AvgIpc) is 3.24. The lowest BCUT2D eigenvalue weighted by Gasteiger charge is -2.22. The molecule has 188 valence electrons. The van der Waals surface area contributed by atoms with Gasteiger partial charge in [-0.1, -0.05) is 22.0 Å². The molecule has 4 rings (SSSR count). The van der Waals surface area contributed by atoms with Crippen molar-refractivity contribution in [1.82, 2.24) is 14.9 Å². The van der Waals surface area contributed by atoms with Crippen molar-refractivity contribution in [2.45, 2.75) is 40.2 Å². The van der Waals surface area contributed by atoms with E-state index in [1.54, 1.807) is 33.2 Å². The predicted octanol–water partition coefficient (Wildman–Crippen LogP) is 5.68. The van der Waals surface area contributed by atoms with E-state index >= 15 is 0 Å². The van der Waals surface area contributed by atoms with Gasteiger partial charge < -0.3 is 24.7 Å². The summed E-state index contributed by atoms with van der Waals surface area (Å²) in [4.78, 5) is 28.5. The highest BCUT2D eigenvalue weighted by Crippen LogP contribution is 2.41. The van der Waals surface area contributed by atoms with Gasteiger partial charge in [-0.3, -0.25) is 9.59 Å². The molecule has 36 heavy (non-hydrogen) atoms. The lowest BCUT2D eigenvalue weighted by atomic mass is 9.93. The van der Waals surface area contributed by atoms with Crippen molar-refractivity contribution in [3.05, 3.63) is 79.8 Å². The number of pyridine rings is 1. The standard InChI is InChI=1S/C28H30BrN3O4/c1-7-30-26(33)22-13-20-21(14-32(6)27(34)24(20)31-22)19-12-17(28(4,5)35)8-9-23(19)36-25-15(2)10-18(29)11-16(25)3/h8-14,31,35H,7H2,1-6H3,(H,30,33). The van der Waals surface area contributed by atoms with E-state index in [1.807, 2.05) is 51.1 Å². The highest BCUT2D eigenvalue weighted by molar-refractivity contribution is 9.10. The van der Waals surface area contributed by atoms with Crippen LogP contribution in [0.1, 0.15) is 48.0 Å². The Morgan fingerprint density at radius 2 is 1.81 bits per heavy atom. The van der Waals surface area contributed by atoms with Crippen molar-refractivity contribution in [2.75, 3.05) is 6.54 Å². The smallest absolute Gasteiger partial charge is 0.274 e. The van der Waals surface area contributed by atoms with Gasteiger partial charge in [0.2, 0.25) is 0 Å². The van der Waals surface area contributed by atoms with Gasteiger partial charge in [-0.25, -0.2) is 0 Å². The third-order valence-corrected chi connectivity index (χ3v) is 6.62. The predicted molar refractivity (Wildman–Crippen MR) is 146 cm³/mol. The summed E-state index contributed by atoms with van der Waals surface area (Å²) in [5.41, 5.74) is 3.30. The monoisotopic (exact) mass is 551 g/mol. The first-order valence-corrected chi connectivity index (χ1v) is 12.5. The summed E-state index contributed by atoms with van der Waals surface area (Å²) < 4.78 is 8.92. The molecule has 0 atom stereocenters. The maximum atomic E-state index is 13.0. The summed E-state index contributed by atoms with van der Waals surface area (Å²) in [5.74, 6) is 1.01. The maximum absolute atomic E-state index is 13.0. The number of halogens is 1. The minimum atomic E-state index is -1.10. The van der Waals surface area contributed by atoms with Crippen LogP contribution in [0, 0.1) is 13.8 Å². The molecule has 7 nitrogen and oxygen atoms in total. The summed E-state index contributed by atoms with van der Waals surface area (Å²) in [6, 6.07) is 11.2. The first-order chi connectivity index (χ1) is 16.9. The number of nitrogens with one attached hydrogen (secondary N) is 2. The van der Waals surface area contributed by atoms with Crippen molar-refractivity contribution in [1.29, 1.82) is 0 Å². The number of amides is 1. The number of rotatable bonds is 6. The van der Waals surface area contributed by atoms with Crippen molar-refractivity contribution in [3.8, 4) is 22.6 Å². The van der Waals surface area contributed by atoms with Crippen LogP contribution >= 0.6 is 15.9 Å². The number of ether oxygens (including phenoxy) is 1. The highest BCUT2D eigenvalue weighted by Gasteiger charge is 2.23. The molecule has 4 aromatic rings. The van der Waals surface area contributed by atoms with E-state index in [9.17, 15) is 14.7 Å². The zero-order chi connectivity index (χ0) is 26.4. The van der Waals surface area contributed by atoms with Crippen molar-refractivity contribution >= 4 is 32.7 Å². The van der Waals surface area contributed by atoms with Gasteiger partial charge in [-0.05, 0) is 81.6 Å². The summed E-state index contributed by atoms with van der Waals surface area (Å²) in [7, 11) is 1.67. The third kappa shape index (κ3) is 4.83. The Bertz CT molecular complexity index is 1520. The van der Waals surface area contributed by atoms with E-state index in [0.717, 1.165) is 21.3 Å². The van der Waals surface area contributed by atoms with E-state index in [-0.39, 0.29) is 11.5 Å². The van der Waals surface area contributed by atoms with Gasteiger partial charge in [-0.15, -0.1) is 0 Å². The number of carbonyl (C=O) groups is 1. The Labute approximate surface area is 218 Å². The number of benzene rings is 2. The second kappa shape index (κ2) is 9.59. The average molecular weight is 552 g/mol. The van der Waals surface area contributed by atoms with Crippen LogP contribution in [0.5, 0.6) is 11.5 Å². The molecule has 3 N–H and O–H groups in total. The molecule has 0 fully saturated rings. The molecular formula is C28H30BrN3O4. The molecule has 0 saturated carbocycles. The fraction of sp³-hybridized carbons (Fsp3) is 0.286. The van der Waals surface area contributed by atoms with Gasteiger partial charge >= 0.3 is 0 Å². The van der Waals surface area contributed by atoms with Crippen LogP contribution in [-0.4, -0.2) is 27.1 Å². The number of H-pyrrole nitrogens is 1. The molecule has 8 heteroatoms. The summed E-state index contributed by atoms with van der Waals surface area (Å²) in [6.07, 6.45) is 1.73. The van der Waals surface area contributed by atoms with Crippen LogP contribution in [0.25, 0.3) is 22.0 Å². The lowest BCUT2D eigenvalue weighted by Crippen LogP contribution is -2.23. The van der Waals surface area contributed by atoms with E-state index in [2.05, 4.69) is 26.2 Å². The van der Waals surface area contributed by atoms with Crippen molar-refractivity contribution in [3.63, 3.8) is 0 Å². The highest BCUT2D eigenvalue weighted by atomic mass is 79.9. The molecule has 0 aliphatic carbocycles. The fourth-order valence-corrected chi connectivity index (χ4v) is 4.99. The number of aryl methyl sites for hydroxylation is 3. The van der Waals surface area contributed by atoms with E-state index in [0.29, 0.717) is 45.6 Å². The number of aliphatic hydroxyl groups is 1. The van der Waals surface area contributed by atoms with Gasteiger partial charge in [-0.2, -0.15) is 0 Å². The minimum Gasteiger partial charge on any atom is -0.456 e. The first kappa shape index (κ1) is 25.7. The quantitative estimate of drug-likeness (QED) is 0.287. The van der Waals surface area contributed by atoms with Crippen LogP contribution in [0.2, 0.25) is 0 Å². The second-order valence-electron chi connectivity index (χ2n) is 9.53. The molecule has 0 unspecified atom stereocenters. The second-order valence-corrected chi connectivity index (χ2v) is 10.4. The molecule has 1 amide bonds. The van der Waals surface area contributed by atoms with E-state index < -0.39 is 5.60 Å². The molecule has 0 aliphatic heterocycles. The van der Waals surface area contributed by atoms with E-state index in [4.69, 9.17) is 4.74 Å². The molecule has 0 spiro atoms. The Morgan fingerprint density at radius 1 is 1.14 bits per heavy atom. The molecular weight excluding hydrogens is 522 g/mol. The number of carbonyl (C=O) groups excluding carboxylic acids is 1. The number of aromatic amines is 1. The molecule has 0 bridgehead atoms. The number of fused-ring (bicyclic) bond motifs is 1. The molecule has 0 saturated heterocycles. The van der Waals surface area contributed by atoms with Crippen molar-refractivity contribution < 1.29 is 14.6 Å². The zero-order valence-electron chi connectivity index (χ0n) is 21.2. The van der Waals surface area contributed by atoms with Crippen LogP contribution in [0.15, 0.2) is 51.9 Å². The van der Waals surface area contributed by atoms with E-state index in [1.165, 1.54) is 4.57 Å². The normalized spacial score (nSPS) is 11.7. The van der Waals surface area contributed by atoms with Gasteiger partial charge in [0.05, 0.1) is 5.60 Å². The Balaban J connectivity index is 2.00. The van der Waals surface area contributed by atoms with Crippen molar-refractivity contribution in [2.24, 2.45) is 7.05 Å². The Morgan fingerprint density at radius 3 is 2.42 bits per heavy atom. The van der Waals surface area contributed by atoms with Gasteiger partial charge in [0, 0.05) is 40.8 Å². The number of hydrogen-bond acceptors (Lipinski definition) is 4. The zero-order valence-corrected chi connectivity index (χ0v) is 22.8. The van der Waals surface area contributed by atoms with Crippen LogP contribution in [0.4, 0.5) is 0 Å². The summed E-state index contributed by atoms with van der Waals surface area (Å²) in [6.45, 7) is 9.70. The van der Waals surface area contributed by atoms with Crippen LogP contribution < -0.4 is 15.6 Å². The summed E-state index contributed by atoms with van der Waals surface area (Å²) in [5, 5.41) is 14.1. The van der Waals surface area contributed by atoms with Gasteiger partial charge in [0.25, 0.3) is 11.5 Å². The van der Waals surface area contributed by atoms with Crippen LogP contribution in [-0.2, 0) is 12.6 Å². The molecule has 0 aliphatic rings. The topological polar surface area (TPSA) is 96.3 Å². The first-order valence-electron chi connectivity index (χ1n) is 11.7. The number of aromatic nitrogens is 2. The van der Waals surface area contributed by atoms with Gasteiger partial charge in [0.15, 0.2) is 0 Å². The maximum Gasteiger partial charge on any atom is 0.274 e. The van der Waals surface area contributed by atoms with Gasteiger partial charge in [0.1, 0.15) is 22.7 Å². The third-order valence-electron chi connectivity index (χ3n) is 6.16. The molecule has 2 aromatic heterocycles.